The third kappa shape index (κ3) is 2.77. The fraction of sp³-hybridized carbons (Fsp3) is 0.400. The largest absolute Gasteiger partial charge is 0.324 e. The Bertz CT molecular complexity index is 273. The van der Waals surface area contributed by atoms with Crippen molar-refractivity contribution in [2.24, 2.45) is 5.73 Å². The van der Waals surface area contributed by atoms with E-state index in [4.69, 9.17) is 5.73 Å². The predicted molar refractivity (Wildman–Crippen MR) is 48.7 cm³/mol. The molecule has 2 N–H and O–H groups in total. The summed E-state index contributed by atoms with van der Waals surface area (Å²) in [5.41, 5.74) is 7.39. The van der Waals surface area contributed by atoms with Crippen molar-refractivity contribution in [3.8, 4) is 0 Å². The lowest BCUT2D eigenvalue weighted by Gasteiger charge is -2.13. The Hall–Kier alpha value is -0.960. The second-order valence-electron chi connectivity index (χ2n) is 3.09. The summed E-state index contributed by atoms with van der Waals surface area (Å²) in [6.07, 6.45) is -2.61. The first-order valence-electron chi connectivity index (χ1n) is 4.20. The summed E-state index contributed by atoms with van der Waals surface area (Å²) in [6, 6.07) is 6.80. The van der Waals surface area contributed by atoms with Gasteiger partial charge in [0.15, 0.2) is 0 Å². The Labute approximate surface area is 76.6 Å². The maximum absolute atomic E-state index is 12.0. The summed E-state index contributed by atoms with van der Waals surface area (Å²) in [5.74, 6) is 0. The summed E-state index contributed by atoms with van der Waals surface area (Å²) < 4.78 is 24.0. The van der Waals surface area contributed by atoms with Crippen LogP contribution in [0.1, 0.15) is 23.6 Å². The van der Waals surface area contributed by atoms with E-state index in [2.05, 4.69) is 0 Å². The van der Waals surface area contributed by atoms with Crippen LogP contribution in [0.3, 0.4) is 0 Å². The van der Waals surface area contributed by atoms with Crippen LogP contribution in [-0.2, 0) is 0 Å². The average Bonchev–Trinajstić information content (AvgIpc) is 2.03. The Morgan fingerprint density at radius 2 is 1.92 bits per heavy atom. The molecule has 0 fully saturated rings. The highest BCUT2D eigenvalue weighted by molar-refractivity contribution is 5.28. The summed E-state index contributed by atoms with van der Waals surface area (Å²) in [7, 11) is 0. The van der Waals surface area contributed by atoms with Crippen LogP contribution in [0, 0.1) is 6.92 Å². The van der Waals surface area contributed by atoms with Crippen molar-refractivity contribution in [3.05, 3.63) is 35.4 Å². The van der Waals surface area contributed by atoms with Crippen molar-refractivity contribution in [1.29, 1.82) is 0 Å². The quantitative estimate of drug-likeness (QED) is 0.769. The first-order valence-corrected chi connectivity index (χ1v) is 4.20. The molecule has 1 rings (SSSR count). The maximum atomic E-state index is 12.0. The molecular weight excluding hydrogens is 172 g/mol. The number of nitrogens with two attached hydrogens (primary N) is 1. The number of alkyl halides is 2. The van der Waals surface area contributed by atoms with Gasteiger partial charge in [-0.25, -0.2) is 8.78 Å². The number of hydrogen-bond donors (Lipinski definition) is 1. The summed E-state index contributed by atoms with van der Waals surface area (Å²) in [5, 5.41) is 0. The number of hydrogen-bond acceptors (Lipinski definition) is 1. The third-order valence-corrected chi connectivity index (χ3v) is 2.02. The van der Waals surface area contributed by atoms with Gasteiger partial charge in [0.1, 0.15) is 0 Å². The fourth-order valence-corrected chi connectivity index (χ4v) is 1.32. The zero-order valence-electron chi connectivity index (χ0n) is 7.50. The lowest BCUT2D eigenvalue weighted by molar-refractivity contribution is 0.128. The van der Waals surface area contributed by atoms with Gasteiger partial charge in [-0.05, 0) is 18.1 Å². The minimum Gasteiger partial charge on any atom is -0.324 e. The zero-order valence-corrected chi connectivity index (χ0v) is 7.50. The van der Waals surface area contributed by atoms with Crippen LogP contribution in [0.5, 0.6) is 0 Å². The SMILES string of the molecule is Cc1ccccc1[C@@H](N)CC(F)F. The van der Waals surface area contributed by atoms with Crippen molar-refractivity contribution in [1.82, 2.24) is 0 Å². The van der Waals surface area contributed by atoms with Crippen LogP contribution in [0.25, 0.3) is 0 Å². The van der Waals surface area contributed by atoms with Gasteiger partial charge in [0.2, 0.25) is 6.43 Å². The molecule has 1 atom stereocenters. The molecule has 0 unspecified atom stereocenters. The van der Waals surface area contributed by atoms with E-state index in [-0.39, 0.29) is 6.42 Å². The van der Waals surface area contributed by atoms with E-state index in [0.717, 1.165) is 11.1 Å². The number of benzene rings is 1. The highest BCUT2D eigenvalue weighted by atomic mass is 19.3. The minimum absolute atomic E-state index is 0.273. The summed E-state index contributed by atoms with van der Waals surface area (Å²) in [4.78, 5) is 0. The van der Waals surface area contributed by atoms with Crippen LogP contribution in [0.4, 0.5) is 8.78 Å². The molecule has 0 spiro atoms. The smallest absolute Gasteiger partial charge is 0.240 e. The van der Waals surface area contributed by atoms with Gasteiger partial charge in [-0.1, -0.05) is 24.3 Å². The highest BCUT2D eigenvalue weighted by Gasteiger charge is 2.13. The highest BCUT2D eigenvalue weighted by Crippen LogP contribution is 2.20. The van der Waals surface area contributed by atoms with E-state index < -0.39 is 12.5 Å². The van der Waals surface area contributed by atoms with Gasteiger partial charge >= 0.3 is 0 Å². The molecule has 1 aromatic rings. The lowest BCUT2D eigenvalue weighted by Crippen LogP contribution is -2.14. The molecule has 3 heteroatoms. The zero-order chi connectivity index (χ0) is 9.84. The molecule has 0 heterocycles. The third-order valence-electron chi connectivity index (χ3n) is 2.02. The van der Waals surface area contributed by atoms with Crippen molar-refractivity contribution >= 4 is 0 Å². The molecule has 13 heavy (non-hydrogen) atoms. The van der Waals surface area contributed by atoms with Crippen LogP contribution in [0.15, 0.2) is 24.3 Å². The summed E-state index contributed by atoms with van der Waals surface area (Å²) in [6.45, 7) is 1.88. The van der Waals surface area contributed by atoms with E-state index in [1.165, 1.54) is 0 Å². The minimum atomic E-state index is -2.34. The van der Waals surface area contributed by atoms with Gasteiger partial charge in [0.25, 0.3) is 0 Å². The first kappa shape index (κ1) is 10.1. The van der Waals surface area contributed by atoms with E-state index in [1.807, 2.05) is 25.1 Å². The maximum Gasteiger partial charge on any atom is 0.240 e. The monoisotopic (exact) mass is 185 g/mol. The van der Waals surface area contributed by atoms with Crippen LogP contribution >= 0.6 is 0 Å². The molecule has 1 aromatic carbocycles. The van der Waals surface area contributed by atoms with E-state index in [1.54, 1.807) is 6.07 Å². The number of aryl methyl sites for hydroxylation is 1. The van der Waals surface area contributed by atoms with Gasteiger partial charge in [0, 0.05) is 12.5 Å². The van der Waals surface area contributed by atoms with Gasteiger partial charge in [-0.2, -0.15) is 0 Å². The Morgan fingerprint density at radius 1 is 1.31 bits per heavy atom. The topological polar surface area (TPSA) is 26.0 Å². The van der Waals surface area contributed by atoms with Crippen molar-refractivity contribution < 1.29 is 8.78 Å². The van der Waals surface area contributed by atoms with Gasteiger partial charge in [0.05, 0.1) is 0 Å². The average molecular weight is 185 g/mol. The second-order valence-corrected chi connectivity index (χ2v) is 3.09. The molecule has 0 aliphatic heterocycles. The predicted octanol–water partition coefficient (Wildman–Crippen LogP) is 2.65. The Balaban J connectivity index is 2.76. The van der Waals surface area contributed by atoms with E-state index in [0.29, 0.717) is 0 Å². The summed E-state index contributed by atoms with van der Waals surface area (Å²) >= 11 is 0. The molecule has 0 radical (unpaired) electrons. The molecule has 0 aromatic heterocycles. The van der Waals surface area contributed by atoms with Crippen LogP contribution in [0.2, 0.25) is 0 Å². The lowest BCUT2D eigenvalue weighted by atomic mass is 10.00. The molecule has 0 aliphatic carbocycles. The second kappa shape index (κ2) is 4.33. The van der Waals surface area contributed by atoms with E-state index >= 15 is 0 Å². The van der Waals surface area contributed by atoms with Crippen LogP contribution < -0.4 is 5.73 Å². The Morgan fingerprint density at radius 3 is 2.46 bits per heavy atom. The van der Waals surface area contributed by atoms with Crippen LogP contribution in [-0.4, -0.2) is 6.43 Å². The molecular formula is C10H13F2N. The fourth-order valence-electron chi connectivity index (χ4n) is 1.32. The van der Waals surface area contributed by atoms with Crippen molar-refractivity contribution in [2.75, 3.05) is 0 Å². The number of halogens is 2. The Kier molecular flexibility index (Phi) is 3.37. The van der Waals surface area contributed by atoms with E-state index in [9.17, 15) is 8.78 Å². The molecule has 0 amide bonds. The standard InChI is InChI=1S/C10H13F2N/c1-7-4-2-3-5-8(7)9(13)6-10(11)12/h2-5,9-10H,6,13H2,1H3/t9-/m0/s1. The van der Waals surface area contributed by atoms with Gasteiger partial charge in [-0.15, -0.1) is 0 Å². The number of rotatable bonds is 3. The normalized spacial score (nSPS) is 13.3. The molecule has 72 valence electrons. The molecule has 0 saturated carbocycles. The first-order chi connectivity index (χ1) is 6.11. The molecule has 0 bridgehead atoms. The molecule has 0 saturated heterocycles. The van der Waals surface area contributed by atoms with Gasteiger partial charge < -0.3 is 5.73 Å². The van der Waals surface area contributed by atoms with Crippen molar-refractivity contribution in [2.45, 2.75) is 25.8 Å². The van der Waals surface area contributed by atoms with Gasteiger partial charge in [-0.3, -0.25) is 0 Å². The molecule has 1 nitrogen and oxygen atoms in total. The van der Waals surface area contributed by atoms with Crippen molar-refractivity contribution in [3.63, 3.8) is 0 Å². The molecule has 0 aliphatic rings.